The molecule has 0 amide bonds. The van der Waals surface area contributed by atoms with Gasteiger partial charge in [0, 0.05) is 0 Å². The number of rotatable bonds is 1. The Morgan fingerprint density at radius 3 is 2.55 bits per heavy atom. The quantitative estimate of drug-likeness (QED) is 0.551. The fourth-order valence-corrected chi connectivity index (χ4v) is 2.17. The van der Waals surface area contributed by atoms with E-state index >= 15 is 0 Å². The summed E-state index contributed by atoms with van der Waals surface area (Å²) in [5.74, 6) is 0.672. The number of hydrogen-bond donors (Lipinski definition) is 1. The molecule has 11 heavy (non-hydrogen) atoms. The first-order chi connectivity index (χ1) is 5.24. The Morgan fingerprint density at radius 2 is 2.18 bits per heavy atom. The molecule has 2 saturated carbocycles. The number of aliphatic hydroxyl groups excluding tert-OH is 1. The van der Waals surface area contributed by atoms with Crippen LogP contribution >= 0.6 is 0 Å². The number of hydrogen-bond acceptors (Lipinski definition) is 3. The lowest BCUT2D eigenvalue weighted by molar-refractivity contribution is -0.146. The average molecular weight is 156 g/mol. The first kappa shape index (κ1) is 7.10. The molecule has 1 N–H and O–H groups in total. The Kier molecular flexibility index (Phi) is 1.42. The normalized spacial score (nSPS) is 46.7. The molecular formula is C8H12O3. The fraction of sp³-hybridized carbons (Fsp3) is 0.875. The van der Waals surface area contributed by atoms with Crippen LogP contribution in [0.4, 0.5) is 0 Å². The van der Waals surface area contributed by atoms with Gasteiger partial charge in [0.1, 0.15) is 0 Å². The maximum atomic E-state index is 11.1. The van der Waals surface area contributed by atoms with Crippen LogP contribution in [0.5, 0.6) is 0 Å². The van der Waals surface area contributed by atoms with Crippen LogP contribution < -0.4 is 0 Å². The van der Waals surface area contributed by atoms with Crippen molar-refractivity contribution in [3.63, 3.8) is 0 Å². The van der Waals surface area contributed by atoms with E-state index in [9.17, 15) is 9.90 Å². The lowest BCUT2D eigenvalue weighted by Crippen LogP contribution is -2.18. The predicted molar refractivity (Wildman–Crippen MR) is 37.7 cm³/mol. The van der Waals surface area contributed by atoms with Crippen molar-refractivity contribution in [2.24, 2.45) is 17.8 Å². The van der Waals surface area contributed by atoms with Gasteiger partial charge < -0.3 is 9.84 Å². The number of carbonyl (C=O) groups is 1. The smallest absolute Gasteiger partial charge is 0.309 e. The zero-order valence-corrected chi connectivity index (χ0v) is 6.49. The summed E-state index contributed by atoms with van der Waals surface area (Å²) in [4.78, 5) is 11.1. The molecule has 2 aliphatic rings. The molecular weight excluding hydrogens is 144 g/mol. The van der Waals surface area contributed by atoms with E-state index in [1.807, 2.05) is 0 Å². The minimum absolute atomic E-state index is 0.0139. The second kappa shape index (κ2) is 2.21. The van der Waals surface area contributed by atoms with Gasteiger partial charge in [-0.25, -0.2) is 0 Å². The van der Waals surface area contributed by atoms with Crippen molar-refractivity contribution in [3.8, 4) is 0 Å². The molecule has 2 fully saturated rings. The Labute approximate surface area is 65.4 Å². The van der Waals surface area contributed by atoms with Gasteiger partial charge in [-0.1, -0.05) is 0 Å². The summed E-state index contributed by atoms with van der Waals surface area (Å²) in [6, 6.07) is 0. The number of fused-ring (bicyclic) bond motifs is 1. The van der Waals surface area contributed by atoms with E-state index in [0.717, 1.165) is 6.42 Å². The second-order valence-electron chi connectivity index (χ2n) is 3.50. The molecule has 0 saturated heterocycles. The maximum Gasteiger partial charge on any atom is 0.309 e. The van der Waals surface area contributed by atoms with Crippen LogP contribution in [0, 0.1) is 17.8 Å². The molecule has 0 aromatic rings. The van der Waals surface area contributed by atoms with Crippen LogP contribution in [0.25, 0.3) is 0 Å². The fourth-order valence-electron chi connectivity index (χ4n) is 2.17. The molecule has 4 atom stereocenters. The molecule has 0 aromatic heterocycles. The van der Waals surface area contributed by atoms with Crippen molar-refractivity contribution < 1.29 is 14.6 Å². The predicted octanol–water partition coefficient (Wildman–Crippen LogP) is 0.176. The maximum absolute atomic E-state index is 11.1. The van der Waals surface area contributed by atoms with E-state index in [1.54, 1.807) is 0 Å². The van der Waals surface area contributed by atoms with E-state index in [0.29, 0.717) is 18.3 Å². The highest BCUT2D eigenvalue weighted by atomic mass is 16.5. The molecule has 3 nitrogen and oxygen atoms in total. The van der Waals surface area contributed by atoms with Crippen LogP contribution in [0.2, 0.25) is 0 Å². The van der Waals surface area contributed by atoms with Crippen LogP contribution in [-0.2, 0) is 9.53 Å². The van der Waals surface area contributed by atoms with Crippen LogP contribution in [0.15, 0.2) is 0 Å². The van der Waals surface area contributed by atoms with Crippen LogP contribution in [0.1, 0.15) is 12.8 Å². The minimum atomic E-state index is -0.246. The number of carbonyl (C=O) groups excluding carboxylic acids is 1. The van der Waals surface area contributed by atoms with Gasteiger partial charge >= 0.3 is 5.97 Å². The molecule has 0 aromatic carbocycles. The standard InChI is InChI=1S/C8H12O3/c1-11-8(10)6-3-7(9)5-2-4(5)6/h4-7,9H,2-3H2,1H3/t4?,5?,6-,7+/m1/s1. The van der Waals surface area contributed by atoms with Crippen molar-refractivity contribution in [3.05, 3.63) is 0 Å². The number of methoxy groups -OCH3 is 1. The Morgan fingerprint density at radius 1 is 1.45 bits per heavy atom. The number of ether oxygens (including phenoxy) is 1. The Bertz CT molecular complexity index is 190. The highest BCUT2D eigenvalue weighted by Gasteiger charge is 2.56. The summed E-state index contributed by atoms with van der Waals surface area (Å²) in [6.45, 7) is 0. The molecule has 0 heterocycles. The second-order valence-corrected chi connectivity index (χ2v) is 3.50. The SMILES string of the molecule is COC(=O)[C@@H]1C[C@H](O)C2CC21. The Hall–Kier alpha value is -0.570. The third-order valence-corrected chi connectivity index (χ3v) is 2.90. The zero-order chi connectivity index (χ0) is 8.01. The summed E-state index contributed by atoms with van der Waals surface area (Å²) in [6.07, 6.45) is 1.38. The lowest BCUT2D eigenvalue weighted by Gasteiger charge is -2.09. The first-order valence-corrected chi connectivity index (χ1v) is 4.00. The molecule has 2 rings (SSSR count). The minimum Gasteiger partial charge on any atom is -0.469 e. The highest BCUT2D eigenvalue weighted by Crippen LogP contribution is 2.55. The monoisotopic (exact) mass is 156 g/mol. The van der Waals surface area contributed by atoms with Crippen molar-refractivity contribution in [1.29, 1.82) is 0 Å². The highest BCUT2D eigenvalue weighted by molar-refractivity contribution is 5.73. The van der Waals surface area contributed by atoms with Gasteiger partial charge in [-0.15, -0.1) is 0 Å². The van der Waals surface area contributed by atoms with Gasteiger partial charge in [-0.3, -0.25) is 4.79 Å². The molecule has 2 aliphatic carbocycles. The van der Waals surface area contributed by atoms with E-state index in [2.05, 4.69) is 4.74 Å². The van der Waals surface area contributed by atoms with Gasteiger partial charge in [0.2, 0.25) is 0 Å². The van der Waals surface area contributed by atoms with Gasteiger partial charge in [0.15, 0.2) is 0 Å². The van der Waals surface area contributed by atoms with Gasteiger partial charge in [0.05, 0.1) is 19.1 Å². The van der Waals surface area contributed by atoms with Crippen LogP contribution in [-0.4, -0.2) is 24.3 Å². The third kappa shape index (κ3) is 0.948. The largest absolute Gasteiger partial charge is 0.469 e. The molecule has 0 radical (unpaired) electrons. The van der Waals surface area contributed by atoms with Crippen LogP contribution in [0.3, 0.4) is 0 Å². The topological polar surface area (TPSA) is 46.5 Å². The number of aliphatic hydroxyl groups is 1. The van der Waals surface area contributed by atoms with E-state index < -0.39 is 0 Å². The van der Waals surface area contributed by atoms with E-state index in [1.165, 1.54) is 7.11 Å². The van der Waals surface area contributed by atoms with Crippen molar-refractivity contribution in [1.82, 2.24) is 0 Å². The summed E-state index contributed by atoms with van der Waals surface area (Å²) in [5.41, 5.74) is 0. The van der Waals surface area contributed by atoms with E-state index in [-0.39, 0.29) is 18.0 Å². The Balaban J connectivity index is 2.02. The van der Waals surface area contributed by atoms with Crippen molar-refractivity contribution in [2.45, 2.75) is 18.9 Å². The van der Waals surface area contributed by atoms with Crippen molar-refractivity contribution >= 4 is 5.97 Å². The lowest BCUT2D eigenvalue weighted by atomic mass is 10.0. The third-order valence-electron chi connectivity index (χ3n) is 2.90. The van der Waals surface area contributed by atoms with Gasteiger partial charge in [-0.2, -0.15) is 0 Å². The molecule has 0 aliphatic heterocycles. The molecule has 62 valence electrons. The van der Waals surface area contributed by atoms with Gasteiger partial charge in [0.25, 0.3) is 0 Å². The van der Waals surface area contributed by atoms with E-state index in [4.69, 9.17) is 0 Å². The summed E-state index contributed by atoms with van der Waals surface area (Å²) in [7, 11) is 1.41. The zero-order valence-electron chi connectivity index (χ0n) is 6.49. The molecule has 0 spiro atoms. The molecule has 2 unspecified atom stereocenters. The number of esters is 1. The average Bonchev–Trinajstić information content (AvgIpc) is 2.72. The molecule has 0 bridgehead atoms. The summed E-state index contributed by atoms with van der Waals surface area (Å²) in [5, 5.41) is 9.35. The summed E-state index contributed by atoms with van der Waals surface area (Å²) >= 11 is 0. The van der Waals surface area contributed by atoms with Crippen molar-refractivity contribution in [2.75, 3.05) is 7.11 Å². The molecule has 3 heteroatoms. The summed E-state index contributed by atoms with van der Waals surface area (Å²) < 4.78 is 4.63. The van der Waals surface area contributed by atoms with Gasteiger partial charge in [-0.05, 0) is 24.7 Å². The first-order valence-electron chi connectivity index (χ1n) is 4.00.